The van der Waals surface area contributed by atoms with Gasteiger partial charge < -0.3 is 10.1 Å². The predicted octanol–water partition coefficient (Wildman–Crippen LogP) is 4.51. The summed E-state index contributed by atoms with van der Waals surface area (Å²) >= 11 is 0. The molecule has 1 N–H and O–H groups in total. The number of ether oxygens (including phenoxy) is 1. The SMILES string of the molecule is Cc1cc2c(cc1-c1cnc(NC(=O)c3c(F)cccc3F)cn1)CC(F)(F)O2. The van der Waals surface area contributed by atoms with Crippen LogP contribution in [0.1, 0.15) is 21.5 Å². The summed E-state index contributed by atoms with van der Waals surface area (Å²) < 4.78 is 58.9. The average molecular weight is 403 g/mol. The fraction of sp³-hybridized carbons (Fsp3) is 0.150. The molecule has 1 aliphatic heterocycles. The molecule has 29 heavy (non-hydrogen) atoms. The van der Waals surface area contributed by atoms with Crippen molar-refractivity contribution in [2.45, 2.75) is 19.5 Å². The number of hydrogen-bond acceptors (Lipinski definition) is 4. The molecular formula is C20H13F4N3O2. The van der Waals surface area contributed by atoms with E-state index in [1.54, 1.807) is 13.0 Å². The van der Waals surface area contributed by atoms with Crippen LogP contribution < -0.4 is 10.1 Å². The molecule has 0 bridgehead atoms. The summed E-state index contributed by atoms with van der Waals surface area (Å²) in [7, 11) is 0. The number of halogens is 4. The normalized spacial score (nSPS) is 14.2. The monoisotopic (exact) mass is 403 g/mol. The van der Waals surface area contributed by atoms with E-state index < -0.39 is 35.6 Å². The van der Waals surface area contributed by atoms with Gasteiger partial charge >= 0.3 is 6.11 Å². The topological polar surface area (TPSA) is 64.1 Å². The van der Waals surface area contributed by atoms with Gasteiger partial charge in [0.25, 0.3) is 5.91 Å². The van der Waals surface area contributed by atoms with Gasteiger partial charge in [0.15, 0.2) is 5.82 Å². The zero-order valence-corrected chi connectivity index (χ0v) is 15.0. The third-order valence-corrected chi connectivity index (χ3v) is 4.42. The Hall–Kier alpha value is -3.49. The predicted molar refractivity (Wildman–Crippen MR) is 95.8 cm³/mol. The first kappa shape index (κ1) is 18.9. The highest BCUT2D eigenvalue weighted by atomic mass is 19.3. The number of fused-ring (bicyclic) bond motifs is 1. The molecule has 4 rings (SSSR count). The Morgan fingerprint density at radius 3 is 2.52 bits per heavy atom. The maximum atomic E-state index is 13.7. The van der Waals surface area contributed by atoms with E-state index in [9.17, 15) is 22.4 Å². The van der Waals surface area contributed by atoms with Gasteiger partial charge in [-0.25, -0.2) is 13.8 Å². The molecular weight excluding hydrogens is 390 g/mol. The number of rotatable bonds is 3. The lowest BCUT2D eigenvalue weighted by atomic mass is 10.0. The van der Waals surface area contributed by atoms with Crippen molar-refractivity contribution in [2.24, 2.45) is 0 Å². The molecule has 2 heterocycles. The smallest absolute Gasteiger partial charge is 0.402 e. The lowest BCUT2D eigenvalue weighted by Gasteiger charge is -2.10. The van der Waals surface area contributed by atoms with Crippen LogP contribution in [0.3, 0.4) is 0 Å². The van der Waals surface area contributed by atoms with E-state index in [-0.39, 0.29) is 11.6 Å². The lowest BCUT2D eigenvalue weighted by Crippen LogP contribution is -2.20. The van der Waals surface area contributed by atoms with E-state index in [1.165, 1.54) is 18.5 Å². The van der Waals surface area contributed by atoms with Crippen molar-refractivity contribution >= 4 is 11.7 Å². The Labute approximate surface area is 162 Å². The molecule has 1 amide bonds. The number of benzene rings is 2. The van der Waals surface area contributed by atoms with Crippen molar-refractivity contribution in [2.75, 3.05) is 5.32 Å². The molecule has 0 saturated carbocycles. The number of anilines is 1. The number of nitrogens with zero attached hydrogens (tertiary/aromatic N) is 2. The van der Waals surface area contributed by atoms with Crippen molar-refractivity contribution in [3.63, 3.8) is 0 Å². The van der Waals surface area contributed by atoms with Crippen molar-refractivity contribution < 1.29 is 27.1 Å². The Morgan fingerprint density at radius 2 is 1.86 bits per heavy atom. The van der Waals surface area contributed by atoms with Crippen LogP contribution in [0.15, 0.2) is 42.7 Å². The fourth-order valence-corrected chi connectivity index (χ4v) is 3.08. The number of alkyl halides is 2. The van der Waals surface area contributed by atoms with Gasteiger partial charge in [-0.15, -0.1) is 0 Å². The molecule has 5 nitrogen and oxygen atoms in total. The molecule has 0 saturated heterocycles. The van der Waals surface area contributed by atoms with Crippen molar-refractivity contribution in [3.05, 3.63) is 71.1 Å². The summed E-state index contributed by atoms with van der Waals surface area (Å²) in [4.78, 5) is 20.3. The van der Waals surface area contributed by atoms with Crippen LogP contribution in [0.2, 0.25) is 0 Å². The summed E-state index contributed by atoms with van der Waals surface area (Å²) in [5, 5.41) is 2.27. The number of carbonyl (C=O) groups is 1. The molecule has 0 aliphatic carbocycles. The van der Waals surface area contributed by atoms with Crippen LogP contribution in [0.5, 0.6) is 5.75 Å². The van der Waals surface area contributed by atoms with Gasteiger partial charge in [0, 0.05) is 11.1 Å². The maximum Gasteiger partial charge on any atom is 0.402 e. The first-order chi connectivity index (χ1) is 13.7. The second-order valence-corrected chi connectivity index (χ2v) is 6.53. The maximum absolute atomic E-state index is 13.7. The van der Waals surface area contributed by atoms with E-state index in [4.69, 9.17) is 0 Å². The van der Waals surface area contributed by atoms with Crippen molar-refractivity contribution in [1.29, 1.82) is 0 Å². The second kappa shape index (κ2) is 6.84. The highest BCUT2D eigenvalue weighted by Crippen LogP contribution is 2.40. The largest absolute Gasteiger partial charge is 0.432 e. The third-order valence-electron chi connectivity index (χ3n) is 4.42. The van der Waals surface area contributed by atoms with Gasteiger partial charge in [0.2, 0.25) is 0 Å². The van der Waals surface area contributed by atoms with Gasteiger partial charge in [0.1, 0.15) is 22.9 Å². The fourth-order valence-electron chi connectivity index (χ4n) is 3.08. The van der Waals surface area contributed by atoms with E-state index in [1.807, 2.05) is 0 Å². The van der Waals surface area contributed by atoms with Gasteiger partial charge in [0.05, 0.1) is 24.5 Å². The zero-order chi connectivity index (χ0) is 20.8. The molecule has 0 radical (unpaired) electrons. The number of amides is 1. The first-order valence-electron chi connectivity index (χ1n) is 8.52. The second-order valence-electron chi connectivity index (χ2n) is 6.53. The van der Waals surface area contributed by atoms with Crippen LogP contribution in [0.4, 0.5) is 23.4 Å². The highest BCUT2D eigenvalue weighted by molar-refractivity contribution is 6.04. The first-order valence-corrected chi connectivity index (χ1v) is 8.52. The van der Waals surface area contributed by atoms with E-state index in [0.717, 1.165) is 18.2 Å². The Balaban J connectivity index is 1.57. The van der Waals surface area contributed by atoms with Crippen LogP contribution in [-0.4, -0.2) is 22.0 Å². The molecule has 0 unspecified atom stereocenters. The Kier molecular flexibility index (Phi) is 4.45. The van der Waals surface area contributed by atoms with E-state index >= 15 is 0 Å². The van der Waals surface area contributed by atoms with Crippen LogP contribution in [-0.2, 0) is 6.42 Å². The van der Waals surface area contributed by atoms with Crippen LogP contribution in [0.25, 0.3) is 11.3 Å². The average Bonchev–Trinajstić information content (AvgIpc) is 2.94. The zero-order valence-electron chi connectivity index (χ0n) is 15.0. The minimum absolute atomic E-state index is 0.0184. The Bertz CT molecular complexity index is 1100. The third kappa shape index (κ3) is 3.63. The molecule has 148 valence electrons. The summed E-state index contributed by atoms with van der Waals surface area (Å²) in [6.45, 7) is 1.72. The number of hydrogen-bond donors (Lipinski definition) is 1. The molecule has 1 aromatic heterocycles. The van der Waals surface area contributed by atoms with Crippen LogP contribution in [0, 0.1) is 18.6 Å². The minimum Gasteiger partial charge on any atom is -0.432 e. The van der Waals surface area contributed by atoms with E-state index in [0.29, 0.717) is 22.4 Å². The number of carbonyl (C=O) groups excluding carboxylic acids is 1. The summed E-state index contributed by atoms with van der Waals surface area (Å²) in [6, 6.07) is 6.15. The minimum atomic E-state index is -3.24. The molecule has 1 aliphatic rings. The molecule has 0 spiro atoms. The molecule has 9 heteroatoms. The standard InChI is InChI=1S/C20H13F4N3O2/c1-10-5-16-11(7-20(23,24)29-16)6-12(10)15-8-26-17(9-25-15)27-19(28)18-13(21)3-2-4-14(18)22/h2-6,8-9H,7H2,1H3,(H,26,27,28). The number of aromatic nitrogens is 2. The van der Waals surface area contributed by atoms with Gasteiger partial charge in [-0.2, -0.15) is 8.78 Å². The molecule has 0 fully saturated rings. The number of nitrogens with one attached hydrogen (secondary N) is 1. The Morgan fingerprint density at radius 1 is 1.14 bits per heavy atom. The quantitative estimate of drug-likeness (QED) is 0.654. The summed E-state index contributed by atoms with van der Waals surface area (Å²) in [5.41, 5.74) is 1.24. The highest BCUT2D eigenvalue weighted by Gasteiger charge is 2.40. The van der Waals surface area contributed by atoms with Crippen LogP contribution >= 0.6 is 0 Å². The van der Waals surface area contributed by atoms with Gasteiger partial charge in [-0.1, -0.05) is 6.07 Å². The molecule has 3 aromatic rings. The lowest BCUT2D eigenvalue weighted by molar-refractivity contribution is -0.159. The summed E-state index contributed by atoms with van der Waals surface area (Å²) in [5.74, 6) is -2.90. The molecule has 0 atom stereocenters. The summed E-state index contributed by atoms with van der Waals surface area (Å²) in [6.07, 6.45) is -1.24. The molecule has 2 aromatic carbocycles. The van der Waals surface area contributed by atoms with Crippen molar-refractivity contribution in [1.82, 2.24) is 9.97 Å². The van der Waals surface area contributed by atoms with Crippen molar-refractivity contribution in [3.8, 4) is 17.0 Å². The number of aryl methyl sites for hydroxylation is 1. The van der Waals surface area contributed by atoms with E-state index in [2.05, 4.69) is 20.0 Å². The van der Waals surface area contributed by atoms with Gasteiger partial charge in [-0.05, 0) is 36.8 Å². The van der Waals surface area contributed by atoms with Gasteiger partial charge in [-0.3, -0.25) is 9.78 Å².